The number of aliphatic carboxylic acids is 1. The number of carbonyl (C=O) groups excluding carboxylic acids is 5. The maximum atomic E-state index is 13.3. The topological polar surface area (TPSA) is 298 Å². The molecule has 1 aromatic heterocycles. The van der Waals surface area contributed by atoms with Gasteiger partial charge in [0.1, 0.15) is 30.2 Å². The molecule has 17 heteroatoms. The zero-order chi connectivity index (χ0) is 30.2. The summed E-state index contributed by atoms with van der Waals surface area (Å²) in [6, 6.07) is -6.35. The number of carboxylic acid groups (broad SMARTS) is 1. The van der Waals surface area contributed by atoms with E-state index >= 15 is 0 Å². The Morgan fingerprint density at radius 2 is 1.50 bits per heavy atom. The number of imidazole rings is 1. The molecule has 0 bridgehead atoms. The number of unbranched alkanes of at least 4 members (excludes halogenated alkanes) is 1. The van der Waals surface area contributed by atoms with E-state index in [1.807, 2.05) is 0 Å². The van der Waals surface area contributed by atoms with Crippen LogP contribution >= 0.6 is 0 Å². The summed E-state index contributed by atoms with van der Waals surface area (Å²) in [6.45, 7) is 0.919. The van der Waals surface area contributed by atoms with Gasteiger partial charge in [0.2, 0.25) is 29.5 Å². The number of carbonyl (C=O) groups is 6. The van der Waals surface area contributed by atoms with Gasteiger partial charge in [0.25, 0.3) is 0 Å². The number of rotatable bonds is 19. The van der Waals surface area contributed by atoms with Gasteiger partial charge in [-0.1, -0.05) is 0 Å². The number of aliphatic hydroxyl groups excluding tert-OH is 1. The van der Waals surface area contributed by atoms with E-state index in [0.29, 0.717) is 25.1 Å². The molecule has 13 N–H and O–H groups in total. The van der Waals surface area contributed by atoms with E-state index in [9.17, 15) is 28.8 Å². The summed E-state index contributed by atoms with van der Waals surface area (Å²) in [6.07, 6.45) is 3.23. The van der Waals surface area contributed by atoms with Gasteiger partial charge < -0.3 is 53.7 Å². The number of nitrogens with one attached hydrogen (secondary N) is 5. The standard InChI is InChI=1S/C23H39N9O8/c1-12(23(39)40)29-22(38)17(8-13-9-27-11-28-13)32-21(37)16(5-6-18(26)34)31-20(36)15(4-2-3-7-24)30-19(35)14(25)10-33/h9,11-12,14-17,33H,2-8,10,24-25H2,1H3,(H2,26,34)(H,27,28)(H,29,38)(H,30,35)(H,31,36)(H,32,37)(H,39,40)/t12-,14-,15-,16-,17-/m0/s1. The molecule has 0 radical (unpaired) electrons. The maximum Gasteiger partial charge on any atom is 0.325 e. The third kappa shape index (κ3) is 12.2. The Morgan fingerprint density at radius 1 is 0.925 bits per heavy atom. The van der Waals surface area contributed by atoms with Gasteiger partial charge in [-0.2, -0.15) is 0 Å². The SMILES string of the molecule is C[C@H](NC(=O)[C@H](Cc1cnc[nH]1)NC(=O)[C@H](CCC(N)=O)NC(=O)[C@H](CCCCN)NC(=O)[C@@H](N)CO)C(=O)O. The number of hydrogen-bond acceptors (Lipinski definition) is 10. The van der Waals surface area contributed by atoms with Crippen LogP contribution in [0, 0.1) is 0 Å². The first-order valence-corrected chi connectivity index (χ1v) is 12.7. The van der Waals surface area contributed by atoms with Crippen LogP contribution in [0.4, 0.5) is 0 Å². The fraction of sp³-hybridized carbons (Fsp3) is 0.609. The zero-order valence-corrected chi connectivity index (χ0v) is 22.2. The first-order valence-electron chi connectivity index (χ1n) is 12.7. The number of amides is 5. The van der Waals surface area contributed by atoms with Crippen molar-refractivity contribution in [1.29, 1.82) is 0 Å². The molecule has 0 spiro atoms. The van der Waals surface area contributed by atoms with Gasteiger partial charge in [0.05, 0.1) is 12.9 Å². The summed E-state index contributed by atoms with van der Waals surface area (Å²) in [5.74, 6) is -5.31. The van der Waals surface area contributed by atoms with Crippen LogP contribution in [-0.2, 0) is 35.2 Å². The monoisotopic (exact) mass is 569 g/mol. The molecule has 0 aromatic carbocycles. The van der Waals surface area contributed by atoms with Crippen LogP contribution in [0.25, 0.3) is 0 Å². The van der Waals surface area contributed by atoms with Crippen molar-refractivity contribution in [3.8, 4) is 0 Å². The van der Waals surface area contributed by atoms with Crippen molar-refractivity contribution < 1.29 is 39.0 Å². The highest BCUT2D eigenvalue weighted by molar-refractivity contribution is 5.95. The predicted octanol–water partition coefficient (Wildman–Crippen LogP) is -4.29. The first kappa shape index (κ1) is 33.9. The van der Waals surface area contributed by atoms with Crippen LogP contribution in [0.2, 0.25) is 0 Å². The lowest BCUT2D eigenvalue weighted by Gasteiger charge is -2.26. The molecule has 5 atom stereocenters. The smallest absolute Gasteiger partial charge is 0.325 e. The van der Waals surface area contributed by atoms with E-state index in [1.165, 1.54) is 19.4 Å². The van der Waals surface area contributed by atoms with Crippen LogP contribution in [0.15, 0.2) is 12.5 Å². The minimum Gasteiger partial charge on any atom is -0.480 e. The number of aliphatic hydroxyl groups is 1. The number of nitrogens with zero attached hydrogens (tertiary/aromatic N) is 1. The van der Waals surface area contributed by atoms with Crippen molar-refractivity contribution in [3.63, 3.8) is 0 Å². The summed E-state index contributed by atoms with van der Waals surface area (Å²) in [5.41, 5.74) is 16.7. The molecular formula is C23H39N9O8. The Morgan fingerprint density at radius 3 is 2.02 bits per heavy atom. The van der Waals surface area contributed by atoms with E-state index < -0.39 is 72.3 Å². The Balaban J connectivity index is 3.14. The zero-order valence-electron chi connectivity index (χ0n) is 22.2. The number of aromatic amines is 1. The third-order valence-corrected chi connectivity index (χ3v) is 5.77. The van der Waals surface area contributed by atoms with Gasteiger partial charge in [-0.3, -0.25) is 28.8 Å². The summed E-state index contributed by atoms with van der Waals surface area (Å²) in [5, 5.41) is 27.9. The Kier molecular flexibility index (Phi) is 14.8. The molecule has 0 saturated carbocycles. The van der Waals surface area contributed by atoms with Crippen molar-refractivity contribution in [2.45, 2.75) is 75.7 Å². The van der Waals surface area contributed by atoms with Gasteiger partial charge in [-0.05, 0) is 39.2 Å². The summed E-state index contributed by atoms with van der Waals surface area (Å²) < 4.78 is 0. The number of H-pyrrole nitrogens is 1. The van der Waals surface area contributed by atoms with Gasteiger partial charge in [0.15, 0.2) is 0 Å². The van der Waals surface area contributed by atoms with Crippen molar-refractivity contribution in [1.82, 2.24) is 31.2 Å². The van der Waals surface area contributed by atoms with Crippen molar-refractivity contribution in [2.75, 3.05) is 13.2 Å². The van der Waals surface area contributed by atoms with Crippen LogP contribution in [0.1, 0.15) is 44.7 Å². The number of primary amides is 1. The lowest BCUT2D eigenvalue weighted by Crippen LogP contribution is -2.59. The van der Waals surface area contributed by atoms with E-state index in [1.54, 1.807) is 0 Å². The van der Waals surface area contributed by atoms with Gasteiger partial charge in [-0.15, -0.1) is 0 Å². The van der Waals surface area contributed by atoms with Crippen LogP contribution < -0.4 is 38.5 Å². The van der Waals surface area contributed by atoms with Crippen LogP contribution in [0.3, 0.4) is 0 Å². The summed E-state index contributed by atoms with van der Waals surface area (Å²) >= 11 is 0. The molecule has 0 saturated heterocycles. The highest BCUT2D eigenvalue weighted by Crippen LogP contribution is 2.07. The lowest BCUT2D eigenvalue weighted by atomic mass is 10.0. The molecule has 1 aromatic rings. The number of aromatic nitrogens is 2. The fourth-order valence-corrected chi connectivity index (χ4v) is 3.42. The van der Waals surface area contributed by atoms with Gasteiger partial charge in [-0.25, -0.2) is 4.98 Å². The van der Waals surface area contributed by atoms with E-state index in [4.69, 9.17) is 27.4 Å². The van der Waals surface area contributed by atoms with E-state index in [0.717, 1.165) is 0 Å². The second kappa shape index (κ2) is 17.5. The van der Waals surface area contributed by atoms with Crippen LogP contribution in [-0.4, -0.2) is 99.0 Å². The molecule has 40 heavy (non-hydrogen) atoms. The highest BCUT2D eigenvalue weighted by Gasteiger charge is 2.31. The summed E-state index contributed by atoms with van der Waals surface area (Å²) in [4.78, 5) is 80.7. The second-order valence-electron chi connectivity index (χ2n) is 9.11. The number of carboxylic acids is 1. The lowest BCUT2D eigenvalue weighted by molar-refractivity contribution is -0.141. The van der Waals surface area contributed by atoms with Crippen molar-refractivity contribution in [2.24, 2.45) is 17.2 Å². The van der Waals surface area contributed by atoms with Gasteiger partial charge in [0, 0.05) is 24.7 Å². The van der Waals surface area contributed by atoms with E-state index in [2.05, 4.69) is 31.2 Å². The quantitative estimate of drug-likeness (QED) is 0.0711. The number of nitrogens with two attached hydrogens (primary N) is 3. The molecule has 17 nitrogen and oxygen atoms in total. The number of hydrogen-bond donors (Lipinski definition) is 10. The Bertz CT molecular complexity index is 1000. The maximum absolute atomic E-state index is 13.3. The summed E-state index contributed by atoms with van der Waals surface area (Å²) in [7, 11) is 0. The predicted molar refractivity (Wildman–Crippen MR) is 140 cm³/mol. The van der Waals surface area contributed by atoms with Crippen LogP contribution in [0.5, 0.6) is 0 Å². The molecule has 1 heterocycles. The third-order valence-electron chi connectivity index (χ3n) is 5.77. The first-order chi connectivity index (χ1) is 18.9. The molecular weight excluding hydrogens is 530 g/mol. The second-order valence-corrected chi connectivity index (χ2v) is 9.11. The van der Waals surface area contributed by atoms with Crippen molar-refractivity contribution >= 4 is 35.5 Å². The fourth-order valence-electron chi connectivity index (χ4n) is 3.42. The molecule has 0 unspecified atom stereocenters. The van der Waals surface area contributed by atoms with E-state index in [-0.39, 0.29) is 25.7 Å². The minimum atomic E-state index is -1.37. The molecule has 0 fully saturated rings. The molecule has 0 aliphatic heterocycles. The molecule has 5 amide bonds. The Labute approximate surface area is 230 Å². The van der Waals surface area contributed by atoms with Gasteiger partial charge >= 0.3 is 5.97 Å². The molecule has 224 valence electrons. The molecule has 1 rings (SSSR count). The minimum absolute atomic E-state index is 0.1000. The molecule has 0 aliphatic carbocycles. The Hall–Kier alpha value is -4.09. The average molecular weight is 570 g/mol. The average Bonchev–Trinajstić information content (AvgIpc) is 3.42. The molecule has 0 aliphatic rings. The van der Waals surface area contributed by atoms with Crippen molar-refractivity contribution in [3.05, 3.63) is 18.2 Å². The largest absolute Gasteiger partial charge is 0.480 e. The normalized spacial score (nSPS) is 14.6. The highest BCUT2D eigenvalue weighted by atomic mass is 16.4.